The molecule has 0 bridgehead atoms. The number of nitrogens with zero attached hydrogens (tertiary/aromatic N) is 3. The van der Waals surface area contributed by atoms with E-state index in [1.54, 1.807) is 11.8 Å². The predicted octanol–water partition coefficient (Wildman–Crippen LogP) is 2.19. The van der Waals surface area contributed by atoms with Crippen molar-refractivity contribution < 1.29 is 0 Å². The van der Waals surface area contributed by atoms with E-state index in [1.165, 1.54) is 0 Å². The third kappa shape index (κ3) is 2.61. The molecule has 2 aromatic heterocycles. The zero-order valence-electron chi connectivity index (χ0n) is 10.4. The van der Waals surface area contributed by atoms with Gasteiger partial charge >= 0.3 is 0 Å². The topological polar surface area (TPSA) is 56.2 Å². The molecule has 2 heterocycles. The van der Waals surface area contributed by atoms with Crippen LogP contribution in [0.5, 0.6) is 0 Å². The van der Waals surface area contributed by atoms with Crippen LogP contribution in [0.1, 0.15) is 20.8 Å². The quantitative estimate of drug-likeness (QED) is 0.848. The molecule has 0 aliphatic heterocycles. The maximum absolute atomic E-state index is 5.84. The van der Waals surface area contributed by atoms with E-state index in [0.29, 0.717) is 11.8 Å². The van der Waals surface area contributed by atoms with Gasteiger partial charge in [0, 0.05) is 18.0 Å². The van der Waals surface area contributed by atoms with Crippen LogP contribution in [0.2, 0.25) is 0 Å². The molecule has 1 atom stereocenters. The Morgan fingerprint density at radius 2 is 2.12 bits per heavy atom. The summed E-state index contributed by atoms with van der Waals surface area (Å²) >= 11 is 1.70. The smallest absolute Gasteiger partial charge is 0.195 e. The monoisotopic (exact) mass is 250 g/mol. The Hall–Kier alpha value is -1.07. The van der Waals surface area contributed by atoms with E-state index in [0.717, 1.165) is 10.8 Å². The zero-order chi connectivity index (χ0) is 12.5. The fourth-order valence-corrected chi connectivity index (χ4v) is 2.67. The molecular weight excluding hydrogens is 232 g/mol. The predicted molar refractivity (Wildman–Crippen MR) is 71.1 cm³/mol. The van der Waals surface area contributed by atoms with Crippen LogP contribution < -0.4 is 5.73 Å². The Morgan fingerprint density at radius 3 is 2.76 bits per heavy atom. The van der Waals surface area contributed by atoms with Crippen molar-refractivity contribution in [1.82, 2.24) is 14.6 Å². The fourth-order valence-electron chi connectivity index (χ4n) is 1.61. The largest absolute Gasteiger partial charge is 0.329 e. The molecule has 1 unspecified atom stereocenters. The van der Waals surface area contributed by atoms with Crippen LogP contribution in [-0.4, -0.2) is 26.4 Å². The summed E-state index contributed by atoms with van der Waals surface area (Å²) in [5, 5.41) is 9.59. The number of hydrogen-bond acceptors (Lipinski definition) is 4. The summed E-state index contributed by atoms with van der Waals surface area (Å²) in [6.07, 6.45) is 1.98. The van der Waals surface area contributed by atoms with Crippen LogP contribution in [0.4, 0.5) is 0 Å². The van der Waals surface area contributed by atoms with Crippen molar-refractivity contribution in [3.8, 4) is 0 Å². The van der Waals surface area contributed by atoms with Crippen LogP contribution in [-0.2, 0) is 0 Å². The normalized spacial score (nSPS) is 14.1. The van der Waals surface area contributed by atoms with E-state index in [-0.39, 0.29) is 5.41 Å². The van der Waals surface area contributed by atoms with E-state index in [2.05, 4.69) is 31.0 Å². The standard InChI is InChI=1S/C12H18N4S/c1-12(2,3)9(8-13)17-11-15-14-10-6-4-5-7-16(10)11/h4-7,9H,8,13H2,1-3H3. The first-order valence-corrected chi connectivity index (χ1v) is 6.57. The zero-order valence-corrected chi connectivity index (χ0v) is 11.2. The van der Waals surface area contributed by atoms with Gasteiger partial charge in [0.15, 0.2) is 10.8 Å². The van der Waals surface area contributed by atoms with Gasteiger partial charge in [0.25, 0.3) is 0 Å². The van der Waals surface area contributed by atoms with Crippen molar-refractivity contribution in [3.63, 3.8) is 0 Å². The molecule has 2 N–H and O–H groups in total. The number of thioether (sulfide) groups is 1. The first-order valence-electron chi connectivity index (χ1n) is 5.69. The van der Waals surface area contributed by atoms with Crippen LogP contribution >= 0.6 is 11.8 Å². The molecule has 0 aromatic carbocycles. The molecule has 0 radical (unpaired) electrons. The molecule has 0 fully saturated rings. The molecular formula is C12H18N4S. The molecule has 0 saturated heterocycles. The molecule has 92 valence electrons. The second kappa shape index (κ2) is 4.66. The number of fused-ring (bicyclic) bond motifs is 1. The Bertz CT molecular complexity index is 500. The van der Waals surface area contributed by atoms with E-state index < -0.39 is 0 Å². The summed E-state index contributed by atoms with van der Waals surface area (Å²) < 4.78 is 2.00. The van der Waals surface area contributed by atoms with Gasteiger partial charge in [-0.2, -0.15) is 0 Å². The van der Waals surface area contributed by atoms with Crippen molar-refractivity contribution in [2.24, 2.45) is 11.1 Å². The fraction of sp³-hybridized carbons (Fsp3) is 0.500. The lowest BCUT2D eigenvalue weighted by molar-refractivity contribution is 0.397. The van der Waals surface area contributed by atoms with Gasteiger partial charge in [-0.3, -0.25) is 4.40 Å². The van der Waals surface area contributed by atoms with Gasteiger partial charge in [-0.1, -0.05) is 38.6 Å². The molecule has 0 aliphatic carbocycles. The molecule has 2 rings (SSSR count). The first-order chi connectivity index (χ1) is 8.02. The second-order valence-corrected chi connectivity index (χ2v) is 6.29. The lowest BCUT2D eigenvalue weighted by Crippen LogP contribution is -2.31. The summed E-state index contributed by atoms with van der Waals surface area (Å²) in [6.45, 7) is 7.22. The van der Waals surface area contributed by atoms with E-state index in [9.17, 15) is 0 Å². The molecule has 4 nitrogen and oxygen atoms in total. The van der Waals surface area contributed by atoms with Crippen molar-refractivity contribution in [2.75, 3.05) is 6.54 Å². The average molecular weight is 250 g/mol. The van der Waals surface area contributed by atoms with Gasteiger partial charge in [0.1, 0.15) is 0 Å². The number of aromatic nitrogens is 3. The SMILES string of the molecule is CC(C)(C)C(CN)Sc1nnc2ccccn12. The first kappa shape index (κ1) is 12.4. The molecule has 17 heavy (non-hydrogen) atoms. The van der Waals surface area contributed by atoms with Crippen LogP contribution in [0.25, 0.3) is 5.65 Å². The molecule has 0 saturated carbocycles. The molecule has 0 amide bonds. The van der Waals surface area contributed by atoms with Gasteiger partial charge in [-0.05, 0) is 17.5 Å². The Labute approximate surface area is 106 Å². The second-order valence-electron chi connectivity index (χ2n) is 5.12. The highest BCUT2D eigenvalue weighted by molar-refractivity contribution is 7.99. The van der Waals surface area contributed by atoms with Crippen LogP contribution in [0, 0.1) is 5.41 Å². The minimum absolute atomic E-state index is 0.153. The number of rotatable bonds is 3. The third-order valence-corrected chi connectivity index (χ3v) is 4.38. The van der Waals surface area contributed by atoms with Crippen molar-refractivity contribution in [2.45, 2.75) is 31.2 Å². The van der Waals surface area contributed by atoms with Gasteiger partial charge in [-0.25, -0.2) is 0 Å². The highest BCUT2D eigenvalue weighted by Crippen LogP contribution is 2.33. The summed E-state index contributed by atoms with van der Waals surface area (Å²) in [5.74, 6) is 0. The van der Waals surface area contributed by atoms with Crippen molar-refractivity contribution in [1.29, 1.82) is 0 Å². The van der Waals surface area contributed by atoms with Gasteiger partial charge in [0.2, 0.25) is 0 Å². The number of nitrogens with two attached hydrogens (primary N) is 1. The summed E-state index contributed by atoms with van der Waals surface area (Å²) in [4.78, 5) is 0. The van der Waals surface area contributed by atoms with Gasteiger partial charge < -0.3 is 5.73 Å². The van der Waals surface area contributed by atoms with Gasteiger partial charge in [-0.15, -0.1) is 10.2 Å². The van der Waals surface area contributed by atoms with E-state index in [1.807, 2.05) is 28.8 Å². The van der Waals surface area contributed by atoms with Crippen LogP contribution in [0.15, 0.2) is 29.6 Å². The van der Waals surface area contributed by atoms with Crippen molar-refractivity contribution >= 4 is 17.4 Å². The summed E-state index contributed by atoms with van der Waals surface area (Å²) in [6, 6.07) is 5.89. The maximum atomic E-state index is 5.84. The number of pyridine rings is 1. The molecule has 0 spiro atoms. The molecule has 0 aliphatic rings. The molecule has 5 heteroatoms. The molecule has 2 aromatic rings. The third-order valence-electron chi connectivity index (χ3n) is 2.71. The van der Waals surface area contributed by atoms with E-state index >= 15 is 0 Å². The summed E-state index contributed by atoms with van der Waals surface area (Å²) in [5.41, 5.74) is 6.87. The maximum Gasteiger partial charge on any atom is 0.195 e. The minimum atomic E-state index is 0.153. The highest BCUT2D eigenvalue weighted by Gasteiger charge is 2.26. The Kier molecular flexibility index (Phi) is 3.40. The Morgan fingerprint density at radius 1 is 1.35 bits per heavy atom. The van der Waals surface area contributed by atoms with E-state index in [4.69, 9.17) is 5.73 Å². The number of hydrogen-bond donors (Lipinski definition) is 1. The highest BCUT2D eigenvalue weighted by atomic mass is 32.2. The van der Waals surface area contributed by atoms with Crippen LogP contribution in [0.3, 0.4) is 0 Å². The van der Waals surface area contributed by atoms with Gasteiger partial charge in [0.05, 0.1) is 0 Å². The van der Waals surface area contributed by atoms with Crippen molar-refractivity contribution in [3.05, 3.63) is 24.4 Å². The minimum Gasteiger partial charge on any atom is -0.329 e. The summed E-state index contributed by atoms with van der Waals surface area (Å²) in [7, 11) is 0. The Balaban J connectivity index is 2.29. The average Bonchev–Trinajstić information content (AvgIpc) is 2.67. The lowest BCUT2D eigenvalue weighted by atomic mass is 9.92. The lowest BCUT2D eigenvalue weighted by Gasteiger charge is -2.28.